The van der Waals surface area contributed by atoms with Gasteiger partial charge in [-0.3, -0.25) is 0 Å². The van der Waals surface area contributed by atoms with Crippen LogP contribution < -0.4 is 5.32 Å². The predicted molar refractivity (Wildman–Crippen MR) is 70.9 cm³/mol. The summed E-state index contributed by atoms with van der Waals surface area (Å²) in [5.41, 5.74) is 2.36. The lowest BCUT2D eigenvalue weighted by molar-refractivity contribution is 0.628. The number of hydrogen-bond donors (Lipinski definition) is 1. The Kier molecular flexibility index (Phi) is 3.87. The molecule has 2 rings (SSSR count). The smallest absolute Gasteiger partial charge is 0.223 e. The zero-order valence-corrected chi connectivity index (χ0v) is 10.6. The first-order chi connectivity index (χ1) is 8.69. The maximum absolute atomic E-state index is 13.2. The molecule has 0 bridgehead atoms. The number of aromatic nitrogens is 2. The third-order valence-corrected chi connectivity index (χ3v) is 2.51. The van der Waals surface area contributed by atoms with E-state index >= 15 is 0 Å². The number of anilines is 1. The minimum Gasteiger partial charge on any atom is -0.354 e. The van der Waals surface area contributed by atoms with Crippen molar-refractivity contribution in [2.24, 2.45) is 0 Å². The molecular formula is C14H16FN3. The fourth-order valence-corrected chi connectivity index (χ4v) is 1.68. The molecule has 0 unspecified atom stereocenters. The Hall–Kier alpha value is -1.97. The Bertz CT molecular complexity index is 540. The van der Waals surface area contributed by atoms with Crippen molar-refractivity contribution in [2.75, 3.05) is 11.9 Å². The summed E-state index contributed by atoms with van der Waals surface area (Å²) in [6.45, 7) is 4.81. The van der Waals surface area contributed by atoms with Crippen molar-refractivity contribution >= 4 is 5.95 Å². The van der Waals surface area contributed by atoms with E-state index in [1.54, 1.807) is 6.07 Å². The van der Waals surface area contributed by atoms with Gasteiger partial charge in [-0.15, -0.1) is 0 Å². The van der Waals surface area contributed by atoms with E-state index in [0.29, 0.717) is 5.95 Å². The summed E-state index contributed by atoms with van der Waals surface area (Å²) in [5, 5.41) is 3.14. The normalized spacial score (nSPS) is 10.4. The van der Waals surface area contributed by atoms with Crippen LogP contribution in [0.2, 0.25) is 0 Å². The molecule has 18 heavy (non-hydrogen) atoms. The van der Waals surface area contributed by atoms with Gasteiger partial charge >= 0.3 is 0 Å². The molecule has 1 aromatic carbocycles. The molecule has 3 nitrogen and oxygen atoms in total. The molecule has 1 N–H and O–H groups in total. The first-order valence-corrected chi connectivity index (χ1v) is 6.04. The quantitative estimate of drug-likeness (QED) is 0.897. The van der Waals surface area contributed by atoms with Crippen LogP contribution in [0, 0.1) is 12.7 Å². The molecule has 2 aromatic rings. The maximum Gasteiger partial charge on any atom is 0.223 e. The van der Waals surface area contributed by atoms with Crippen molar-refractivity contribution in [2.45, 2.75) is 20.3 Å². The molecule has 0 aliphatic heterocycles. The summed E-state index contributed by atoms with van der Waals surface area (Å²) < 4.78 is 13.2. The highest BCUT2D eigenvalue weighted by Gasteiger charge is 2.05. The van der Waals surface area contributed by atoms with Gasteiger partial charge in [0.2, 0.25) is 5.95 Å². The Morgan fingerprint density at radius 1 is 1.22 bits per heavy atom. The Morgan fingerprint density at radius 3 is 2.78 bits per heavy atom. The zero-order valence-electron chi connectivity index (χ0n) is 10.6. The molecule has 0 saturated carbocycles. The number of benzene rings is 1. The Morgan fingerprint density at radius 2 is 2.06 bits per heavy atom. The van der Waals surface area contributed by atoms with Gasteiger partial charge in [0, 0.05) is 17.8 Å². The molecule has 0 atom stereocenters. The molecular weight excluding hydrogens is 229 g/mol. The van der Waals surface area contributed by atoms with E-state index in [-0.39, 0.29) is 5.82 Å². The monoisotopic (exact) mass is 245 g/mol. The number of nitrogens with one attached hydrogen (secondary N) is 1. The fourth-order valence-electron chi connectivity index (χ4n) is 1.68. The average molecular weight is 245 g/mol. The minimum absolute atomic E-state index is 0.258. The highest BCUT2D eigenvalue weighted by atomic mass is 19.1. The van der Waals surface area contributed by atoms with Gasteiger partial charge in [-0.2, -0.15) is 0 Å². The topological polar surface area (TPSA) is 37.8 Å². The Labute approximate surface area is 106 Å². The molecule has 0 saturated heterocycles. The number of halogens is 1. The summed E-state index contributed by atoms with van der Waals surface area (Å²) in [5.74, 6) is 0.336. The lowest BCUT2D eigenvalue weighted by Gasteiger charge is -2.07. The van der Waals surface area contributed by atoms with Crippen molar-refractivity contribution in [1.82, 2.24) is 9.97 Å². The molecule has 1 aromatic heterocycles. The Balaban J connectivity index is 2.35. The molecule has 0 spiro atoms. The van der Waals surface area contributed by atoms with Crippen LogP contribution in [0.3, 0.4) is 0 Å². The van der Waals surface area contributed by atoms with Gasteiger partial charge in [0.15, 0.2) is 0 Å². The van der Waals surface area contributed by atoms with E-state index in [2.05, 4.69) is 22.2 Å². The number of aryl methyl sites for hydroxylation is 1. The highest BCUT2D eigenvalue weighted by Crippen LogP contribution is 2.19. The number of hydrogen-bond acceptors (Lipinski definition) is 3. The summed E-state index contributed by atoms with van der Waals surface area (Å²) in [6, 6.07) is 8.28. The second kappa shape index (κ2) is 5.58. The van der Waals surface area contributed by atoms with Crippen LogP contribution in [0.15, 0.2) is 30.3 Å². The van der Waals surface area contributed by atoms with Crippen LogP contribution >= 0.6 is 0 Å². The largest absolute Gasteiger partial charge is 0.354 e. The van der Waals surface area contributed by atoms with Gasteiger partial charge < -0.3 is 5.32 Å². The van der Waals surface area contributed by atoms with Crippen LogP contribution in [-0.2, 0) is 0 Å². The average Bonchev–Trinajstić information content (AvgIpc) is 2.36. The lowest BCUT2D eigenvalue weighted by Crippen LogP contribution is -2.05. The van der Waals surface area contributed by atoms with E-state index in [9.17, 15) is 4.39 Å². The first kappa shape index (κ1) is 12.5. The van der Waals surface area contributed by atoms with E-state index in [1.807, 2.05) is 19.1 Å². The van der Waals surface area contributed by atoms with Gasteiger partial charge in [-0.25, -0.2) is 14.4 Å². The van der Waals surface area contributed by atoms with E-state index < -0.39 is 0 Å². The zero-order chi connectivity index (χ0) is 13.0. The van der Waals surface area contributed by atoms with Crippen molar-refractivity contribution < 1.29 is 4.39 Å². The second-order valence-corrected chi connectivity index (χ2v) is 4.16. The van der Waals surface area contributed by atoms with Gasteiger partial charge in [-0.05, 0) is 31.5 Å². The molecule has 94 valence electrons. The summed E-state index contributed by atoms with van der Waals surface area (Å²) >= 11 is 0. The van der Waals surface area contributed by atoms with Crippen molar-refractivity contribution in [3.63, 3.8) is 0 Å². The van der Waals surface area contributed by atoms with Crippen LogP contribution in [0.1, 0.15) is 19.0 Å². The molecule has 0 aliphatic carbocycles. The van der Waals surface area contributed by atoms with Crippen LogP contribution in [0.25, 0.3) is 11.3 Å². The van der Waals surface area contributed by atoms with E-state index in [1.165, 1.54) is 12.1 Å². The summed E-state index contributed by atoms with van der Waals surface area (Å²) in [7, 11) is 0. The van der Waals surface area contributed by atoms with Gasteiger partial charge in [-0.1, -0.05) is 19.1 Å². The summed E-state index contributed by atoms with van der Waals surface area (Å²) in [6.07, 6.45) is 1.01. The highest BCUT2D eigenvalue weighted by molar-refractivity contribution is 5.60. The van der Waals surface area contributed by atoms with Crippen LogP contribution in [0.5, 0.6) is 0 Å². The van der Waals surface area contributed by atoms with E-state index in [0.717, 1.165) is 29.9 Å². The number of nitrogens with zero attached hydrogens (tertiary/aromatic N) is 2. The predicted octanol–water partition coefficient (Wildman–Crippen LogP) is 3.41. The molecule has 0 amide bonds. The molecule has 0 radical (unpaired) electrons. The van der Waals surface area contributed by atoms with Gasteiger partial charge in [0.05, 0.1) is 5.69 Å². The van der Waals surface area contributed by atoms with Gasteiger partial charge in [0.1, 0.15) is 5.82 Å². The molecule has 4 heteroatoms. The van der Waals surface area contributed by atoms with Crippen molar-refractivity contribution in [3.05, 3.63) is 41.8 Å². The minimum atomic E-state index is -0.258. The number of rotatable bonds is 4. The van der Waals surface area contributed by atoms with E-state index in [4.69, 9.17) is 0 Å². The lowest BCUT2D eigenvalue weighted by atomic mass is 10.1. The maximum atomic E-state index is 13.2. The second-order valence-electron chi connectivity index (χ2n) is 4.16. The summed E-state index contributed by atoms with van der Waals surface area (Å²) in [4.78, 5) is 8.70. The first-order valence-electron chi connectivity index (χ1n) is 6.04. The van der Waals surface area contributed by atoms with Crippen LogP contribution in [-0.4, -0.2) is 16.5 Å². The third kappa shape index (κ3) is 3.03. The molecule has 0 aliphatic rings. The SMILES string of the molecule is CCCNc1nc(C)cc(-c2cccc(F)c2)n1. The standard InChI is InChI=1S/C14H16FN3/c1-3-7-16-14-17-10(2)8-13(18-14)11-5-4-6-12(15)9-11/h4-6,8-9H,3,7H2,1-2H3,(H,16,17,18). The van der Waals surface area contributed by atoms with Gasteiger partial charge in [0.25, 0.3) is 0 Å². The molecule has 1 heterocycles. The third-order valence-electron chi connectivity index (χ3n) is 2.51. The fraction of sp³-hybridized carbons (Fsp3) is 0.286. The molecule has 0 fully saturated rings. The van der Waals surface area contributed by atoms with Crippen LogP contribution in [0.4, 0.5) is 10.3 Å². The van der Waals surface area contributed by atoms with Crippen molar-refractivity contribution in [3.8, 4) is 11.3 Å². The van der Waals surface area contributed by atoms with Crippen molar-refractivity contribution in [1.29, 1.82) is 0 Å².